The molecule has 2 N–H and O–H groups in total. The van der Waals surface area contributed by atoms with Crippen molar-refractivity contribution >= 4 is 11.9 Å². The molecule has 5 heteroatoms. The Kier molecular flexibility index (Phi) is 6.91. The van der Waals surface area contributed by atoms with Crippen molar-refractivity contribution in [3.8, 4) is 0 Å². The van der Waals surface area contributed by atoms with E-state index in [2.05, 4.69) is 0 Å². The summed E-state index contributed by atoms with van der Waals surface area (Å²) in [6, 6.07) is 0. The van der Waals surface area contributed by atoms with Gasteiger partial charge in [0.05, 0.1) is 0 Å². The highest BCUT2D eigenvalue weighted by atomic mass is 16.4. The van der Waals surface area contributed by atoms with Crippen LogP contribution in [0.25, 0.3) is 0 Å². The van der Waals surface area contributed by atoms with Crippen LogP contribution in [0.15, 0.2) is 0 Å². The quantitative estimate of drug-likeness (QED) is 0.534. The summed E-state index contributed by atoms with van der Waals surface area (Å²) in [5.41, 5.74) is -0.595. The fourth-order valence-corrected chi connectivity index (χ4v) is 1.81. The fraction of sp³-hybridized carbons (Fsp3) is 0.846. The van der Waals surface area contributed by atoms with Gasteiger partial charge >= 0.3 is 5.97 Å². The summed E-state index contributed by atoms with van der Waals surface area (Å²) in [6.45, 7) is 5.94. The molecule has 0 spiro atoms. The zero-order chi connectivity index (χ0) is 14.3. The molecular weight excluding hydrogens is 234 g/mol. The van der Waals surface area contributed by atoms with Gasteiger partial charge in [-0.3, -0.25) is 9.59 Å². The van der Waals surface area contributed by atoms with Crippen molar-refractivity contribution in [2.24, 2.45) is 11.3 Å². The summed E-state index contributed by atoms with van der Waals surface area (Å²) in [7, 11) is 1.63. The first-order valence-electron chi connectivity index (χ1n) is 6.30. The van der Waals surface area contributed by atoms with Crippen molar-refractivity contribution < 1.29 is 19.8 Å². The van der Waals surface area contributed by atoms with E-state index < -0.39 is 17.3 Å². The van der Waals surface area contributed by atoms with Crippen LogP contribution in [-0.4, -0.2) is 47.2 Å². The van der Waals surface area contributed by atoms with Gasteiger partial charge in [-0.05, 0) is 24.7 Å². The zero-order valence-electron chi connectivity index (χ0n) is 11.8. The third-order valence-corrected chi connectivity index (χ3v) is 2.89. The van der Waals surface area contributed by atoms with E-state index in [-0.39, 0.29) is 12.5 Å². The molecule has 0 radical (unpaired) electrons. The summed E-state index contributed by atoms with van der Waals surface area (Å²) < 4.78 is 0. The summed E-state index contributed by atoms with van der Waals surface area (Å²) in [5, 5.41) is 17.8. The van der Waals surface area contributed by atoms with E-state index >= 15 is 0 Å². The molecule has 1 amide bonds. The normalized spacial score (nSPS) is 13.2. The molecule has 0 heterocycles. The molecule has 0 aromatic rings. The molecule has 1 unspecified atom stereocenters. The lowest BCUT2D eigenvalue weighted by molar-refractivity contribution is -0.155. The maximum absolute atomic E-state index is 12.1. The van der Waals surface area contributed by atoms with E-state index in [4.69, 9.17) is 10.2 Å². The van der Waals surface area contributed by atoms with Gasteiger partial charge < -0.3 is 15.1 Å². The Morgan fingerprint density at radius 1 is 1.17 bits per heavy atom. The second kappa shape index (κ2) is 7.36. The fourth-order valence-electron chi connectivity index (χ4n) is 1.81. The van der Waals surface area contributed by atoms with Crippen LogP contribution in [-0.2, 0) is 9.59 Å². The molecule has 0 aliphatic heterocycles. The summed E-state index contributed by atoms with van der Waals surface area (Å²) in [4.78, 5) is 24.8. The number of aliphatic hydroxyl groups is 1. The van der Waals surface area contributed by atoms with Crippen LogP contribution in [0.4, 0.5) is 0 Å². The molecule has 0 aliphatic rings. The maximum Gasteiger partial charge on any atom is 0.316 e. The van der Waals surface area contributed by atoms with Crippen molar-refractivity contribution in [1.29, 1.82) is 0 Å². The summed E-state index contributed by atoms with van der Waals surface area (Å²) in [5.74, 6) is -2.44. The third kappa shape index (κ3) is 5.49. The van der Waals surface area contributed by atoms with Crippen molar-refractivity contribution in [2.75, 3.05) is 20.2 Å². The lowest BCUT2D eigenvalue weighted by atomic mass is 9.80. The van der Waals surface area contributed by atoms with Gasteiger partial charge in [0.25, 0.3) is 0 Å². The molecule has 0 fully saturated rings. The number of rotatable bonds is 7. The topological polar surface area (TPSA) is 77.8 Å². The zero-order valence-corrected chi connectivity index (χ0v) is 11.8. The van der Waals surface area contributed by atoms with E-state index in [0.29, 0.717) is 13.0 Å². The number of carboxylic acids is 1. The smallest absolute Gasteiger partial charge is 0.316 e. The minimum absolute atomic E-state index is 0.150. The van der Waals surface area contributed by atoms with Crippen LogP contribution in [0.3, 0.4) is 0 Å². The van der Waals surface area contributed by atoms with Crippen LogP contribution in [0.1, 0.15) is 40.0 Å². The third-order valence-electron chi connectivity index (χ3n) is 2.89. The number of nitrogens with zero attached hydrogens (tertiary/aromatic N) is 1. The number of carbonyl (C=O) groups is 2. The Labute approximate surface area is 109 Å². The molecule has 0 saturated carbocycles. The van der Waals surface area contributed by atoms with E-state index in [0.717, 1.165) is 12.8 Å². The molecule has 0 bridgehead atoms. The summed E-state index contributed by atoms with van der Waals surface area (Å²) in [6.07, 6.45) is 2.32. The predicted octanol–water partition coefficient (Wildman–Crippen LogP) is 1.35. The largest absolute Gasteiger partial charge is 0.481 e. The number of carboxylic acid groups (broad SMARTS) is 1. The Bertz CT molecular complexity index is 283. The molecule has 0 saturated heterocycles. The number of amides is 1. The second-order valence-corrected chi connectivity index (χ2v) is 5.68. The number of aliphatic carboxylic acids is 1. The van der Waals surface area contributed by atoms with Gasteiger partial charge in [0.1, 0.15) is 5.92 Å². The number of hydrogen-bond acceptors (Lipinski definition) is 3. The second-order valence-electron chi connectivity index (χ2n) is 5.68. The SMILES string of the molecule is CN(CCCCCO)C(=O)C(C(=O)O)C(C)(C)C. The standard InChI is InChI=1S/C13H25NO4/c1-13(2,3)10(12(17)18)11(16)14(4)8-6-5-7-9-15/h10,15H,5-9H2,1-4H3,(H,17,18). The average Bonchev–Trinajstić information content (AvgIpc) is 2.21. The minimum Gasteiger partial charge on any atom is -0.481 e. The van der Waals surface area contributed by atoms with Crippen LogP contribution in [0.5, 0.6) is 0 Å². The van der Waals surface area contributed by atoms with Crippen molar-refractivity contribution in [1.82, 2.24) is 4.90 Å². The van der Waals surface area contributed by atoms with E-state index in [1.54, 1.807) is 27.8 Å². The monoisotopic (exact) mass is 259 g/mol. The first-order chi connectivity index (χ1) is 8.21. The Balaban J connectivity index is 4.45. The predicted molar refractivity (Wildman–Crippen MR) is 69.2 cm³/mol. The van der Waals surface area contributed by atoms with Crippen molar-refractivity contribution in [3.05, 3.63) is 0 Å². The highest BCUT2D eigenvalue weighted by Gasteiger charge is 2.39. The Morgan fingerprint density at radius 2 is 1.72 bits per heavy atom. The van der Waals surface area contributed by atoms with Crippen LogP contribution >= 0.6 is 0 Å². The van der Waals surface area contributed by atoms with Gasteiger partial charge in [-0.25, -0.2) is 0 Å². The number of hydrogen-bond donors (Lipinski definition) is 2. The van der Waals surface area contributed by atoms with Gasteiger partial charge in [0, 0.05) is 20.2 Å². The Morgan fingerprint density at radius 3 is 2.11 bits per heavy atom. The van der Waals surface area contributed by atoms with E-state index in [9.17, 15) is 9.59 Å². The molecule has 106 valence electrons. The molecular formula is C13H25NO4. The van der Waals surface area contributed by atoms with Crippen molar-refractivity contribution in [2.45, 2.75) is 40.0 Å². The van der Waals surface area contributed by atoms with E-state index in [1.165, 1.54) is 4.90 Å². The molecule has 0 aromatic carbocycles. The van der Waals surface area contributed by atoms with Crippen LogP contribution in [0.2, 0.25) is 0 Å². The summed E-state index contributed by atoms with van der Waals surface area (Å²) >= 11 is 0. The highest BCUT2D eigenvalue weighted by Crippen LogP contribution is 2.27. The maximum atomic E-state index is 12.1. The number of aliphatic hydroxyl groups excluding tert-OH is 1. The number of carbonyl (C=O) groups excluding carboxylic acids is 1. The van der Waals surface area contributed by atoms with Crippen LogP contribution in [0, 0.1) is 11.3 Å². The Hall–Kier alpha value is -1.10. The molecule has 0 rings (SSSR count). The van der Waals surface area contributed by atoms with Gasteiger partial charge in [-0.2, -0.15) is 0 Å². The molecule has 18 heavy (non-hydrogen) atoms. The first-order valence-corrected chi connectivity index (χ1v) is 6.30. The van der Waals surface area contributed by atoms with Crippen molar-refractivity contribution in [3.63, 3.8) is 0 Å². The lowest BCUT2D eigenvalue weighted by Crippen LogP contribution is -2.43. The molecule has 5 nitrogen and oxygen atoms in total. The lowest BCUT2D eigenvalue weighted by Gasteiger charge is -2.29. The van der Waals surface area contributed by atoms with Gasteiger partial charge in [0.15, 0.2) is 0 Å². The minimum atomic E-state index is -1.07. The van der Waals surface area contributed by atoms with Gasteiger partial charge in [-0.1, -0.05) is 20.8 Å². The average molecular weight is 259 g/mol. The van der Waals surface area contributed by atoms with Crippen LogP contribution < -0.4 is 0 Å². The van der Waals surface area contributed by atoms with Gasteiger partial charge in [-0.15, -0.1) is 0 Å². The molecule has 0 aromatic heterocycles. The molecule has 0 aliphatic carbocycles. The van der Waals surface area contributed by atoms with Gasteiger partial charge in [0.2, 0.25) is 5.91 Å². The van der Waals surface area contributed by atoms with E-state index in [1.807, 2.05) is 0 Å². The first kappa shape index (κ1) is 16.9. The highest BCUT2D eigenvalue weighted by molar-refractivity contribution is 5.97. The molecule has 1 atom stereocenters. The number of unbranched alkanes of at least 4 members (excludes halogenated alkanes) is 2.